The van der Waals surface area contributed by atoms with Crippen LogP contribution in [0.25, 0.3) is 0 Å². The summed E-state index contributed by atoms with van der Waals surface area (Å²) in [6.45, 7) is 13.9. The lowest BCUT2D eigenvalue weighted by atomic mass is 9.66. The van der Waals surface area contributed by atoms with Crippen molar-refractivity contribution in [1.82, 2.24) is 5.32 Å². The highest BCUT2D eigenvalue weighted by atomic mass is 14.8. The van der Waals surface area contributed by atoms with Crippen LogP contribution >= 0.6 is 0 Å². The highest BCUT2D eigenvalue weighted by Crippen LogP contribution is 2.44. The highest BCUT2D eigenvalue weighted by Gasteiger charge is 2.32. The van der Waals surface area contributed by atoms with E-state index in [1.165, 1.54) is 38.5 Å². The van der Waals surface area contributed by atoms with Crippen LogP contribution in [0.2, 0.25) is 0 Å². The second kappa shape index (κ2) is 8.43. The van der Waals surface area contributed by atoms with Gasteiger partial charge in [0.25, 0.3) is 0 Å². The lowest BCUT2D eigenvalue weighted by Crippen LogP contribution is -2.27. The quantitative estimate of drug-likeness (QED) is 0.560. The summed E-state index contributed by atoms with van der Waals surface area (Å²) in [4.78, 5) is 0. The number of hydrogen-bond donors (Lipinski definition) is 1. The molecule has 24 heavy (non-hydrogen) atoms. The maximum absolute atomic E-state index is 3.35. The van der Waals surface area contributed by atoms with E-state index in [1.807, 2.05) is 0 Å². The Hall–Kier alpha value is -0.940. The van der Waals surface area contributed by atoms with Crippen LogP contribution in [-0.4, -0.2) is 0 Å². The third-order valence-corrected chi connectivity index (χ3v) is 7.03. The van der Waals surface area contributed by atoms with Crippen LogP contribution in [0.15, 0.2) is 29.3 Å². The van der Waals surface area contributed by atoms with Crippen LogP contribution in [0.5, 0.6) is 0 Å². The second-order valence-corrected chi connectivity index (χ2v) is 9.02. The van der Waals surface area contributed by atoms with Crippen LogP contribution in [0.3, 0.4) is 0 Å². The van der Waals surface area contributed by atoms with Crippen LogP contribution in [0.4, 0.5) is 0 Å². The molecule has 0 bridgehead atoms. The molecular formula is C23H39N. The first-order valence-electron chi connectivity index (χ1n) is 10.2. The zero-order valence-corrected chi connectivity index (χ0v) is 16.9. The summed E-state index contributed by atoms with van der Waals surface area (Å²) in [5, 5.41) is 3.35. The minimum absolute atomic E-state index is 0.615. The molecule has 0 amide bonds. The average Bonchev–Trinajstić information content (AvgIpc) is 3.28. The third kappa shape index (κ3) is 5.55. The highest BCUT2D eigenvalue weighted by molar-refractivity contribution is 5.17. The van der Waals surface area contributed by atoms with Gasteiger partial charge >= 0.3 is 0 Å². The van der Waals surface area contributed by atoms with Crippen molar-refractivity contribution in [2.75, 3.05) is 0 Å². The van der Waals surface area contributed by atoms with Crippen molar-refractivity contribution in [2.24, 2.45) is 29.1 Å². The van der Waals surface area contributed by atoms with Crippen molar-refractivity contribution in [3.8, 4) is 0 Å². The van der Waals surface area contributed by atoms with Gasteiger partial charge in [-0.3, -0.25) is 0 Å². The summed E-state index contributed by atoms with van der Waals surface area (Å²) in [5.41, 5.74) is 6.58. The standard InChI is InChI=1S/C18H29N.C5H10/c1-5-18(4)11-9-16(10-12-18)15(3)17-8-6-7-14(2)19-13-17;1-4-3-5(4)2/h6,13,15-16,19H,5,8-12H2,1-4H3;4-5H,3H2,1-2H3/t15-,16?,18?;/m0./s1. The first kappa shape index (κ1) is 19.4. The van der Waals surface area contributed by atoms with Crippen molar-refractivity contribution in [2.45, 2.75) is 86.5 Å². The van der Waals surface area contributed by atoms with E-state index < -0.39 is 0 Å². The van der Waals surface area contributed by atoms with Crippen molar-refractivity contribution < 1.29 is 0 Å². The molecule has 2 unspecified atom stereocenters. The fourth-order valence-electron chi connectivity index (χ4n) is 3.94. The topological polar surface area (TPSA) is 12.0 Å². The third-order valence-electron chi connectivity index (χ3n) is 7.03. The maximum atomic E-state index is 3.35. The molecule has 0 aromatic rings. The largest absolute Gasteiger partial charge is 0.359 e. The lowest BCUT2D eigenvalue weighted by molar-refractivity contribution is 0.142. The maximum Gasteiger partial charge on any atom is 0.0542 e. The fraction of sp³-hybridized carbons (Fsp3) is 0.783. The first-order chi connectivity index (χ1) is 11.3. The Bertz CT molecular complexity index is 492. The van der Waals surface area contributed by atoms with Gasteiger partial charge in [0, 0.05) is 6.20 Å². The molecule has 1 aliphatic heterocycles. The predicted octanol–water partition coefficient (Wildman–Crippen LogP) is 6.83. The van der Waals surface area contributed by atoms with Crippen molar-refractivity contribution in [3.05, 3.63) is 29.3 Å². The average molecular weight is 330 g/mol. The van der Waals surface area contributed by atoms with Gasteiger partial charge in [0.1, 0.15) is 0 Å². The van der Waals surface area contributed by atoms with Gasteiger partial charge in [0.05, 0.1) is 5.70 Å². The Morgan fingerprint density at radius 2 is 1.83 bits per heavy atom. The molecule has 1 N–H and O–H groups in total. The summed E-state index contributed by atoms with van der Waals surface area (Å²) in [6, 6.07) is 0. The molecule has 1 heterocycles. The van der Waals surface area contributed by atoms with E-state index in [4.69, 9.17) is 0 Å². The van der Waals surface area contributed by atoms with Crippen LogP contribution in [0, 0.1) is 29.1 Å². The van der Waals surface area contributed by atoms with Crippen LogP contribution in [-0.2, 0) is 0 Å². The Kier molecular flexibility index (Phi) is 6.81. The molecule has 0 aromatic heterocycles. The number of hydrogen-bond acceptors (Lipinski definition) is 1. The minimum Gasteiger partial charge on any atom is -0.359 e. The Morgan fingerprint density at radius 3 is 2.33 bits per heavy atom. The zero-order chi connectivity index (χ0) is 17.7. The molecule has 2 fully saturated rings. The Labute approximate surface area is 150 Å². The van der Waals surface area contributed by atoms with Crippen molar-refractivity contribution in [3.63, 3.8) is 0 Å². The molecule has 3 rings (SSSR count). The van der Waals surface area contributed by atoms with Gasteiger partial charge in [-0.1, -0.05) is 41.0 Å². The van der Waals surface area contributed by atoms with Gasteiger partial charge in [-0.15, -0.1) is 5.73 Å². The first-order valence-corrected chi connectivity index (χ1v) is 10.2. The monoisotopic (exact) mass is 329 g/mol. The molecule has 1 nitrogen and oxygen atoms in total. The summed E-state index contributed by atoms with van der Waals surface area (Å²) < 4.78 is 0. The molecule has 0 aromatic carbocycles. The van der Waals surface area contributed by atoms with Gasteiger partial charge in [0.15, 0.2) is 0 Å². The predicted molar refractivity (Wildman–Crippen MR) is 106 cm³/mol. The summed E-state index contributed by atoms with van der Waals surface area (Å²) in [6.07, 6.45) is 13.9. The fourth-order valence-corrected chi connectivity index (χ4v) is 3.94. The molecule has 136 valence electrons. The van der Waals surface area contributed by atoms with E-state index in [0.717, 1.165) is 29.9 Å². The van der Waals surface area contributed by atoms with Gasteiger partial charge in [-0.2, -0.15) is 0 Å². The van der Waals surface area contributed by atoms with E-state index >= 15 is 0 Å². The van der Waals surface area contributed by atoms with Crippen molar-refractivity contribution in [1.29, 1.82) is 0 Å². The SMILES string of the molecule is CC1CC1C.CCC1(C)CCC([C@H](C)C2=CNC(C)=C=CC2)CC1. The van der Waals surface area contributed by atoms with E-state index in [-0.39, 0.29) is 0 Å². The molecular weight excluding hydrogens is 290 g/mol. The molecule has 0 spiro atoms. The molecule has 3 atom stereocenters. The van der Waals surface area contributed by atoms with Crippen LogP contribution in [0.1, 0.15) is 86.5 Å². The van der Waals surface area contributed by atoms with E-state index in [2.05, 4.69) is 64.9 Å². The summed E-state index contributed by atoms with van der Waals surface area (Å²) >= 11 is 0. The normalized spacial score (nSPS) is 36.3. The summed E-state index contributed by atoms with van der Waals surface area (Å²) in [5.74, 6) is 3.68. The number of rotatable bonds is 3. The second-order valence-electron chi connectivity index (χ2n) is 9.02. The van der Waals surface area contributed by atoms with Gasteiger partial charge in [0.2, 0.25) is 0 Å². The molecule has 1 heteroatoms. The molecule has 0 radical (unpaired) electrons. The molecule has 0 saturated heterocycles. The number of nitrogens with one attached hydrogen (secondary N) is 1. The smallest absolute Gasteiger partial charge is 0.0542 e. The van der Waals surface area contributed by atoms with Crippen LogP contribution < -0.4 is 5.32 Å². The molecule has 2 saturated carbocycles. The van der Waals surface area contributed by atoms with E-state index in [9.17, 15) is 0 Å². The van der Waals surface area contributed by atoms with E-state index in [1.54, 1.807) is 5.57 Å². The van der Waals surface area contributed by atoms with Gasteiger partial charge < -0.3 is 5.32 Å². The van der Waals surface area contributed by atoms with Gasteiger partial charge in [-0.05, 0) is 86.2 Å². The van der Waals surface area contributed by atoms with Gasteiger partial charge in [-0.25, -0.2) is 0 Å². The summed E-state index contributed by atoms with van der Waals surface area (Å²) in [7, 11) is 0. The number of allylic oxidation sites excluding steroid dienone is 2. The van der Waals surface area contributed by atoms with E-state index in [0.29, 0.717) is 11.3 Å². The zero-order valence-electron chi connectivity index (χ0n) is 16.9. The molecule has 3 aliphatic rings. The van der Waals surface area contributed by atoms with Crippen molar-refractivity contribution >= 4 is 0 Å². The minimum atomic E-state index is 0.615. The molecule has 2 aliphatic carbocycles. The lowest BCUT2D eigenvalue weighted by Gasteiger charge is -2.39. The Balaban J connectivity index is 0.000000355. The Morgan fingerprint density at radius 1 is 1.25 bits per heavy atom.